The molecule has 0 aliphatic heterocycles. The Morgan fingerprint density at radius 2 is 1.94 bits per heavy atom. The molecule has 1 atom stereocenters. The third-order valence-corrected chi connectivity index (χ3v) is 2.98. The molecule has 1 N–H and O–H groups in total. The van der Waals surface area contributed by atoms with Gasteiger partial charge in [-0.05, 0) is 6.42 Å². The summed E-state index contributed by atoms with van der Waals surface area (Å²) in [5.41, 5.74) is 0.920. The van der Waals surface area contributed by atoms with E-state index in [1.165, 1.54) is 6.08 Å². The summed E-state index contributed by atoms with van der Waals surface area (Å²) in [7, 11) is 0. The third kappa shape index (κ3) is 2.37. The van der Waals surface area contributed by atoms with Crippen LogP contribution in [0.1, 0.15) is 33.6 Å². The smallest absolute Gasteiger partial charge is 0.327 e. The highest BCUT2D eigenvalue weighted by molar-refractivity contribution is 6.14. The highest BCUT2D eigenvalue weighted by atomic mass is 16.4. The molecule has 92 valence electrons. The number of allylic oxidation sites excluding steroid dienone is 1. The van der Waals surface area contributed by atoms with Crippen LogP contribution in [0.5, 0.6) is 0 Å². The normalized spacial score (nSPS) is 19.0. The Hall–Kier alpha value is -2.23. The van der Waals surface area contributed by atoms with Gasteiger partial charge in [-0.3, -0.25) is 9.59 Å². The molecule has 18 heavy (non-hydrogen) atoms. The Labute approximate surface area is 104 Å². The topological polar surface area (TPSA) is 71.4 Å². The van der Waals surface area contributed by atoms with Crippen LogP contribution in [-0.2, 0) is 4.79 Å². The lowest BCUT2D eigenvalue weighted by atomic mass is 9.80. The van der Waals surface area contributed by atoms with Crippen molar-refractivity contribution in [2.75, 3.05) is 0 Å². The van der Waals surface area contributed by atoms with Gasteiger partial charge in [-0.25, -0.2) is 4.79 Å². The number of fused-ring (bicyclic) bond motifs is 1. The molecule has 0 aromatic heterocycles. The van der Waals surface area contributed by atoms with Gasteiger partial charge in [0, 0.05) is 29.5 Å². The van der Waals surface area contributed by atoms with Crippen LogP contribution in [0.4, 0.5) is 0 Å². The van der Waals surface area contributed by atoms with E-state index >= 15 is 0 Å². The minimum absolute atomic E-state index is 0.0566. The first kappa shape index (κ1) is 12.2. The summed E-state index contributed by atoms with van der Waals surface area (Å²) in [5, 5.41) is 8.48. The van der Waals surface area contributed by atoms with E-state index in [4.69, 9.17) is 5.11 Å². The first-order valence-corrected chi connectivity index (χ1v) is 5.65. The van der Waals surface area contributed by atoms with Gasteiger partial charge < -0.3 is 5.11 Å². The number of Topliss-reactive ketones (excluding diaryl/α,β-unsaturated/α-hetero) is 2. The van der Waals surface area contributed by atoms with E-state index < -0.39 is 11.9 Å². The van der Waals surface area contributed by atoms with Crippen LogP contribution in [0, 0.1) is 5.92 Å². The zero-order chi connectivity index (χ0) is 13.1. The van der Waals surface area contributed by atoms with Crippen LogP contribution < -0.4 is 0 Å². The van der Waals surface area contributed by atoms with Crippen LogP contribution in [0.2, 0.25) is 0 Å². The molecule has 0 saturated carbocycles. The zero-order valence-corrected chi connectivity index (χ0v) is 9.63. The largest absolute Gasteiger partial charge is 0.478 e. The molecule has 4 heteroatoms. The maximum absolute atomic E-state index is 12.1. The highest BCUT2D eigenvalue weighted by Gasteiger charge is 2.31. The fourth-order valence-corrected chi connectivity index (χ4v) is 2.11. The average molecular weight is 244 g/mol. The van der Waals surface area contributed by atoms with E-state index in [1.807, 2.05) is 0 Å². The van der Waals surface area contributed by atoms with E-state index in [2.05, 4.69) is 0 Å². The van der Waals surface area contributed by atoms with Crippen molar-refractivity contribution in [3.8, 4) is 0 Å². The average Bonchev–Trinajstić information content (AvgIpc) is 2.35. The number of hydrogen-bond acceptors (Lipinski definition) is 3. The predicted molar refractivity (Wildman–Crippen MR) is 64.6 cm³/mol. The van der Waals surface area contributed by atoms with Crippen molar-refractivity contribution in [2.45, 2.75) is 12.8 Å². The van der Waals surface area contributed by atoms with Crippen LogP contribution in [0.3, 0.4) is 0 Å². The highest BCUT2D eigenvalue weighted by Crippen LogP contribution is 2.27. The Bertz CT molecular complexity index is 542. The van der Waals surface area contributed by atoms with Crippen LogP contribution in [0.25, 0.3) is 0 Å². The number of carbonyl (C=O) groups excluding carboxylic acids is 2. The maximum atomic E-state index is 12.1. The van der Waals surface area contributed by atoms with Crippen LogP contribution >= 0.6 is 0 Å². The van der Waals surface area contributed by atoms with Crippen LogP contribution in [-0.4, -0.2) is 22.6 Å². The van der Waals surface area contributed by atoms with E-state index in [-0.39, 0.29) is 24.4 Å². The fraction of sp³-hybridized carbons (Fsp3) is 0.214. The minimum Gasteiger partial charge on any atom is -0.478 e. The Morgan fingerprint density at radius 3 is 2.61 bits per heavy atom. The van der Waals surface area contributed by atoms with Crippen molar-refractivity contribution in [3.63, 3.8) is 0 Å². The summed E-state index contributed by atoms with van der Waals surface area (Å²) in [4.78, 5) is 34.3. The summed E-state index contributed by atoms with van der Waals surface area (Å²) in [6.45, 7) is 0. The standard InChI is InChI=1S/C14H12O4/c15-12-8-9(4-3-7-13(16)17)14(18)11-6-2-1-5-10(11)12/h1-3,5-7,9H,4,8H2,(H,16,17)/b7-3+/t9-/m0/s1. The fourth-order valence-electron chi connectivity index (χ4n) is 2.11. The van der Waals surface area contributed by atoms with E-state index in [0.29, 0.717) is 11.1 Å². The molecule has 1 aliphatic rings. The molecule has 0 heterocycles. The minimum atomic E-state index is -1.05. The third-order valence-electron chi connectivity index (χ3n) is 2.98. The number of rotatable bonds is 3. The Balaban J connectivity index is 2.21. The maximum Gasteiger partial charge on any atom is 0.327 e. The van der Waals surface area contributed by atoms with Crippen molar-refractivity contribution >= 4 is 17.5 Å². The molecule has 0 unspecified atom stereocenters. The second kappa shape index (κ2) is 4.96. The SMILES string of the molecule is O=C(O)/C=C/C[C@H]1CC(=O)c2ccccc2C1=O. The molecule has 2 rings (SSSR count). The second-order valence-electron chi connectivity index (χ2n) is 4.21. The quantitative estimate of drug-likeness (QED) is 0.826. The number of ketones is 2. The van der Waals surface area contributed by atoms with Gasteiger partial charge in [0.05, 0.1) is 0 Å². The van der Waals surface area contributed by atoms with E-state index in [1.54, 1.807) is 24.3 Å². The summed E-state index contributed by atoms with van der Waals surface area (Å²) in [5.74, 6) is -1.63. The zero-order valence-electron chi connectivity index (χ0n) is 9.63. The molecule has 0 spiro atoms. The molecule has 1 aromatic rings. The summed E-state index contributed by atoms with van der Waals surface area (Å²) >= 11 is 0. The molecule has 0 radical (unpaired) electrons. The lowest BCUT2D eigenvalue weighted by Crippen LogP contribution is -2.26. The first-order valence-electron chi connectivity index (χ1n) is 5.65. The molecule has 0 amide bonds. The lowest BCUT2D eigenvalue weighted by molar-refractivity contribution is -0.131. The van der Waals surface area contributed by atoms with Crippen molar-refractivity contribution in [2.24, 2.45) is 5.92 Å². The van der Waals surface area contributed by atoms with Crippen molar-refractivity contribution in [1.29, 1.82) is 0 Å². The second-order valence-corrected chi connectivity index (χ2v) is 4.21. The van der Waals surface area contributed by atoms with Gasteiger partial charge in [0.1, 0.15) is 0 Å². The number of carbonyl (C=O) groups is 3. The molecular formula is C14H12O4. The van der Waals surface area contributed by atoms with Gasteiger partial charge in [-0.15, -0.1) is 0 Å². The number of benzene rings is 1. The summed E-state index contributed by atoms with van der Waals surface area (Å²) in [6, 6.07) is 6.75. The number of hydrogen-bond donors (Lipinski definition) is 1. The van der Waals surface area contributed by atoms with Crippen molar-refractivity contribution in [3.05, 3.63) is 47.5 Å². The lowest BCUT2D eigenvalue weighted by Gasteiger charge is -2.20. The Morgan fingerprint density at radius 1 is 1.28 bits per heavy atom. The Kier molecular flexibility index (Phi) is 3.37. The van der Waals surface area contributed by atoms with Gasteiger partial charge in [0.15, 0.2) is 11.6 Å². The summed E-state index contributed by atoms with van der Waals surface area (Å²) in [6.07, 6.45) is 2.86. The van der Waals surface area contributed by atoms with Gasteiger partial charge in [0.25, 0.3) is 0 Å². The molecule has 0 fully saturated rings. The van der Waals surface area contributed by atoms with Crippen molar-refractivity contribution < 1.29 is 19.5 Å². The van der Waals surface area contributed by atoms with Gasteiger partial charge in [-0.1, -0.05) is 30.3 Å². The van der Waals surface area contributed by atoms with Gasteiger partial charge in [-0.2, -0.15) is 0 Å². The number of carboxylic acid groups (broad SMARTS) is 1. The van der Waals surface area contributed by atoms with E-state index in [9.17, 15) is 14.4 Å². The number of aliphatic carboxylic acids is 1. The molecular weight excluding hydrogens is 232 g/mol. The van der Waals surface area contributed by atoms with Crippen molar-refractivity contribution in [1.82, 2.24) is 0 Å². The molecule has 0 bridgehead atoms. The van der Waals surface area contributed by atoms with Crippen LogP contribution in [0.15, 0.2) is 36.4 Å². The number of carboxylic acids is 1. The van der Waals surface area contributed by atoms with Gasteiger partial charge in [0.2, 0.25) is 0 Å². The summed E-state index contributed by atoms with van der Waals surface area (Å²) < 4.78 is 0. The molecule has 1 aromatic carbocycles. The molecule has 4 nitrogen and oxygen atoms in total. The van der Waals surface area contributed by atoms with Gasteiger partial charge >= 0.3 is 5.97 Å². The monoisotopic (exact) mass is 244 g/mol. The first-order chi connectivity index (χ1) is 8.59. The predicted octanol–water partition coefficient (Wildman–Crippen LogP) is 2.10. The van der Waals surface area contributed by atoms with E-state index in [0.717, 1.165) is 6.08 Å². The molecule has 1 aliphatic carbocycles. The molecule has 0 saturated heterocycles.